The Labute approximate surface area is 141 Å². The van der Waals surface area contributed by atoms with Gasteiger partial charge in [-0.05, 0) is 38.0 Å². The highest BCUT2D eigenvalue weighted by molar-refractivity contribution is 5.95. The zero-order valence-corrected chi connectivity index (χ0v) is 14.0. The monoisotopic (exact) mass is 327 g/mol. The molecule has 24 heavy (non-hydrogen) atoms. The Morgan fingerprint density at radius 3 is 2.79 bits per heavy atom. The van der Waals surface area contributed by atoms with Crippen LogP contribution in [0.2, 0.25) is 0 Å². The molecule has 0 spiro atoms. The van der Waals surface area contributed by atoms with Gasteiger partial charge in [-0.1, -0.05) is 0 Å². The summed E-state index contributed by atoms with van der Waals surface area (Å²) in [6.45, 7) is 3.80. The number of carbonyl (C=O) groups is 1. The van der Waals surface area contributed by atoms with E-state index >= 15 is 0 Å². The van der Waals surface area contributed by atoms with Gasteiger partial charge in [-0.25, -0.2) is 4.98 Å². The van der Waals surface area contributed by atoms with Gasteiger partial charge in [-0.15, -0.1) is 0 Å². The molecule has 2 aromatic rings. The highest BCUT2D eigenvalue weighted by atomic mass is 16.6. The fourth-order valence-corrected chi connectivity index (χ4v) is 3.56. The zero-order chi connectivity index (χ0) is 16.7. The molecular formula is C18H21N3O3. The average Bonchev–Trinajstić information content (AvgIpc) is 3.19. The third kappa shape index (κ3) is 2.52. The lowest BCUT2D eigenvalue weighted by molar-refractivity contribution is 0.0727. The molecule has 0 unspecified atom stereocenters. The quantitative estimate of drug-likeness (QED) is 0.850. The number of nitrogens with zero attached hydrogens (tertiary/aromatic N) is 3. The molecule has 6 heteroatoms. The van der Waals surface area contributed by atoms with Crippen LogP contribution < -0.4 is 9.47 Å². The topological polar surface area (TPSA) is 56.6 Å². The molecule has 0 saturated carbocycles. The normalized spacial score (nSPS) is 19.6. The number of imidazole rings is 1. The van der Waals surface area contributed by atoms with E-state index in [4.69, 9.17) is 9.47 Å². The van der Waals surface area contributed by atoms with Crippen LogP contribution in [0.25, 0.3) is 0 Å². The number of carbonyl (C=O) groups excluding carboxylic acids is 1. The number of ether oxygens (including phenoxy) is 2. The first-order chi connectivity index (χ1) is 11.6. The van der Waals surface area contributed by atoms with Crippen molar-refractivity contribution in [3.05, 3.63) is 41.5 Å². The van der Waals surface area contributed by atoms with Crippen LogP contribution in [0.1, 0.15) is 40.8 Å². The van der Waals surface area contributed by atoms with Crippen molar-refractivity contribution in [1.82, 2.24) is 14.5 Å². The molecule has 1 aromatic heterocycles. The summed E-state index contributed by atoms with van der Waals surface area (Å²) in [4.78, 5) is 19.6. The van der Waals surface area contributed by atoms with E-state index in [1.54, 1.807) is 6.07 Å². The van der Waals surface area contributed by atoms with E-state index in [2.05, 4.69) is 4.98 Å². The number of benzene rings is 1. The maximum atomic E-state index is 13.0. The number of rotatable bonds is 2. The number of likely N-dealkylation sites (tertiary alicyclic amines) is 1. The third-order valence-electron chi connectivity index (χ3n) is 4.63. The SMILES string of the molecule is Cc1cn(C)c([C@H]2CCCN2C(=O)c2ccc3c(c2)OCCO3)n1. The van der Waals surface area contributed by atoms with Gasteiger partial charge in [-0.3, -0.25) is 4.79 Å². The Balaban J connectivity index is 1.62. The molecule has 1 fully saturated rings. The van der Waals surface area contributed by atoms with Gasteiger partial charge < -0.3 is 18.9 Å². The first kappa shape index (κ1) is 15.1. The van der Waals surface area contributed by atoms with Crippen molar-refractivity contribution in [2.45, 2.75) is 25.8 Å². The summed E-state index contributed by atoms with van der Waals surface area (Å²) in [5, 5.41) is 0. The van der Waals surface area contributed by atoms with E-state index in [1.807, 2.05) is 41.8 Å². The maximum Gasteiger partial charge on any atom is 0.254 e. The Bertz CT molecular complexity index is 784. The minimum Gasteiger partial charge on any atom is -0.486 e. The molecule has 1 amide bonds. The van der Waals surface area contributed by atoms with Crippen LogP contribution in [0.4, 0.5) is 0 Å². The van der Waals surface area contributed by atoms with Gasteiger partial charge in [0.25, 0.3) is 5.91 Å². The fraction of sp³-hybridized carbons (Fsp3) is 0.444. The van der Waals surface area contributed by atoms with E-state index in [0.717, 1.165) is 30.9 Å². The highest BCUT2D eigenvalue weighted by Crippen LogP contribution is 2.35. The predicted molar refractivity (Wildman–Crippen MR) is 88.4 cm³/mol. The standard InChI is InChI=1S/C18H21N3O3/c1-12-11-20(2)17(19-12)14-4-3-7-21(14)18(22)13-5-6-15-16(10-13)24-9-8-23-15/h5-6,10-11,14H,3-4,7-9H2,1-2H3/t14-/m1/s1. The van der Waals surface area contributed by atoms with Crippen LogP contribution in [0.5, 0.6) is 11.5 Å². The summed E-state index contributed by atoms with van der Waals surface area (Å²) in [6, 6.07) is 5.45. The maximum absolute atomic E-state index is 13.0. The Hall–Kier alpha value is -2.50. The summed E-state index contributed by atoms with van der Waals surface area (Å²) in [7, 11) is 1.99. The van der Waals surface area contributed by atoms with Gasteiger partial charge in [0.05, 0.1) is 11.7 Å². The van der Waals surface area contributed by atoms with E-state index in [-0.39, 0.29) is 11.9 Å². The number of hydrogen-bond acceptors (Lipinski definition) is 4. The Morgan fingerprint density at radius 1 is 1.25 bits per heavy atom. The molecule has 1 aromatic carbocycles. The second kappa shape index (κ2) is 5.85. The molecule has 126 valence electrons. The van der Waals surface area contributed by atoms with E-state index in [9.17, 15) is 4.79 Å². The van der Waals surface area contributed by atoms with Gasteiger partial charge in [0.1, 0.15) is 19.0 Å². The smallest absolute Gasteiger partial charge is 0.254 e. The molecule has 1 atom stereocenters. The first-order valence-corrected chi connectivity index (χ1v) is 8.34. The number of aryl methyl sites for hydroxylation is 2. The van der Waals surface area contributed by atoms with Gasteiger partial charge in [0.15, 0.2) is 11.5 Å². The molecule has 3 heterocycles. The van der Waals surface area contributed by atoms with Gasteiger partial charge in [-0.2, -0.15) is 0 Å². The summed E-state index contributed by atoms with van der Waals surface area (Å²) in [5.74, 6) is 2.33. The molecule has 0 aliphatic carbocycles. The summed E-state index contributed by atoms with van der Waals surface area (Å²) in [6.07, 6.45) is 3.94. The lowest BCUT2D eigenvalue weighted by Crippen LogP contribution is -2.32. The molecule has 6 nitrogen and oxygen atoms in total. The highest BCUT2D eigenvalue weighted by Gasteiger charge is 2.33. The van der Waals surface area contributed by atoms with E-state index < -0.39 is 0 Å². The summed E-state index contributed by atoms with van der Waals surface area (Å²) < 4.78 is 13.2. The van der Waals surface area contributed by atoms with Crippen molar-refractivity contribution in [1.29, 1.82) is 0 Å². The molecule has 2 aliphatic heterocycles. The minimum absolute atomic E-state index is 0.0233. The molecule has 2 aliphatic rings. The number of amides is 1. The van der Waals surface area contributed by atoms with Crippen LogP contribution in [0, 0.1) is 6.92 Å². The summed E-state index contributed by atoms with van der Waals surface area (Å²) in [5.41, 5.74) is 1.61. The molecule has 1 saturated heterocycles. The molecular weight excluding hydrogens is 306 g/mol. The van der Waals surface area contributed by atoms with Crippen LogP contribution >= 0.6 is 0 Å². The second-order valence-corrected chi connectivity index (χ2v) is 6.37. The third-order valence-corrected chi connectivity index (χ3v) is 4.63. The molecule has 0 N–H and O–H groups in total. The summed E-state index contributed by atoms with van der Waals surface area (Å²) >= 11 is 0. The Morgan fingerprint density at radius 2 is 2.04 bits per heavy atom. The molecule has 4 rings (SSSR count). The van der Waals surface area contributed by atoms with Gasteiger partial charge >= 0.3 is 0 Å². The average molecular weight is 327 g/mol. The minimum atomic E-state index is 0.0233. The van der Waals surface area contributed by atoms with E-state index in [1.165, 1.54) is 0 Å². The van der Waals surface area contributed by atoms with Crippen molar-refractivity contribution in [3.63, 3.8) is 0 Å². The van der Waals surface area contributed by atoms with E-state index in [0.29, 0.717) is 30.3 Å². The van der Waals surface area contributed by atoms with Gasteiger partial charge in [0.2, 0.25) is 0 Å². The number of hydrogen-bond donors (Lipinski definition) is 0. The van der Waals surface area contributed by atoms with Crippen molar-refractivity contribution in [2.24, 2.45) is 7.05 Å². The fourth-order valence-electron chi connectivity index (χ4n) is 3.56. The lowest BCUT2D eigenvalue weighted by Gasteiger charge is -2.25. The van der Waals surface area contributed by atoms with Crippen molar-refractivity contribution in [3.8, 4) is 11.5 Å². The van der Waals surface area contributed by atoms with Crippen molar-refractivity contribution < 1.29 is 14.3 Å². The Kier molecular flexibility index (Phi) is 3.67. The second-order valence-electron chi connectivity index (χ2n) is 6.37. The van der Waals surface area contributed by atoms with Crippen LogP contribution in [0.15, 0.2) is 24.4 Å². The van der Waals surface area contributed by atoms with Crippen LogP contribution in [-0.2, 0) is 7.05 Å². The zero-order valence-electron chi connectivity index (χ0n) is 14.0. The van der Waals surface area contributed by atoms with Crippen LogP contribution in [-0.4, -0.2) is 40.1 Å². The largest absolute Gasteiger partial charge is 0.486 e. The van der Waals surface area contributed by atoms with Gasteiger partial charge in [0, 0.05) is 25.4 Å². The lowest BCUT2D eigenvalue weighted by atomic mass is 10.1. The predicted octanol–water partition coefficient (Wildman–Crippen LogP) is 2.48. The molecule has 0 radical (unpaired) electrons. The number of fused-ring (bicyclic) bond motifs is 1. The van der Waals surface area contributed by atoms with Crippen LogP contribution in [0.3, 0.4) is 0 Å². The van der Waals surface area contributed by atoms with Crippen molar-refractivity contribution >= 4 is 5.91 Å². The molecule has 0 bridgehead atoms. The number of aromatic nitrogens is 2. The first-order valence-electron chi connectivity index (χ1n) is 8.34. The van der Waals surface area contributed by atoms with Crippen molar-refractivity contribution in [2.75, 3.05) is 19.8 Å².